The van der Waals surface area contributed by atoms with Crippen molar-refractivity contribution in [3.8, 4) is 0 Å². The van der Waals surface area contributed by atoms with Gasteiger partial charge in [-0.15, -0.1) is 5.11 Å². The van der Waals surface area contributed by atoms with Crippen molar-refractivity contribution in [2.45, 2.75) is 50.3 Å². The second-order valence-corrected chi connectivity index (χ2v) is 7.78. The van der Waals surface area contributed by atoms with E-state index < -0.39 is 29.6 Å². The fourth-order valence-corrected chi connectivity index (χ4v) is 4.76. The summed E-state index contributed by atoms with van der Waals surface area (Å²) in [6.07, 6.45) is 1.22. The second kappa shape index (κ2) is 6.19. The molecule has 3 heterocycles. The van der Waals surface area contributed by atoms with Crippen LogP contribution in [-0.2, 0) is 0 Å². The highest BCUT2D eigenvalue weighted by molar-refractivity contribution is 5.68. The zero-order valence-corrected chi connectivity index (χ0v) is 14.7. The van der Waals surface area contributed by atoms with Crippen LogP contribution in [0.15, 0.2) is 28.5 Å². The van der Waals surface area contributed by atoms with Crippen LogP contribution in [-0.4, -0.2) is 50.9 Å². The number of benzene rings is 1. The summed E-state index contributed by atoms with van der Waals surface area (Å²) in [7, 11) is 0. The first-order valence-electron chi connectivity index (χ1n) is 9.06. The molecule has 140 valence electrons. The average molecular weight is 362 g/mol. The summed E-state index contributed by atoms with van der Waals surface area (Å²) in [4.78, 5) is 13.0. The van der Waals surface area contributed by atoms with E-state index in [1.54, 1.807) is 11.1 Å². The minimum absolute atomic E-state index is 0.0559. The molecular weight excluding hydrogens is 339 g/mol. The molecule has 1 aliphatic carbocycles. The molecule has 3 saturated heterocycles. The van der Waals surface area contributed by atoms with Crippen molar-refractivity contribution in [1.29, 1.82) is 0 Å². The Bertz CT molecular complexity index is 744. The maximum absolute atomic E-state index is 14.9. The predicted octanol–water partition coefficient (Wildman–Crippen LogP) is 3.48. The Hall–Kier alpha value is -2.22. The molecule has 2 N–H and O–H groups in total. The molecule has 1 saturated carbocycles. The lowest BCUT2D eigenvalue weighted by Gasteiger charge is -2.37. The van der Waals surface area contributed by atoms with E-state index in [0.717, 1.165) is 25.9 Å². The molecule has 2 bridgehead atoms. The van der Waals surface area contributed by atoms with E-state index in [9.17, 15) is 19.4 Å². The average Bonchev–Trinajstić information content (AvgIpc) is 3.25. The van der Waals surface area contributed by atoms with Gasteiger partial charge in [-0.3, -0.25) is 9.91 Å². The highest BCUT2D eigenvalue weighted by atomic mass is 19.1. The van der Waals surface area contributed by atoms with Gasteiger partial charge in [-0.25, -0.2) is 9.18 Å². The van der Waals surface area contributed by atoms with Gasteiger partial charge in [0.2, 0.25) is 0 Å². The molecule has 0 radical (unpaired) electrons. The zero-order valence-electron chi connectivity index (χ0n) is 14.7. The van der Waals surface area contributed by atoms with Crippen LogP contribution in [0.3, 0.4) is 0 Å². The maximum Gasteiger partial charge on any atom is 0.408 e. The van der Waals surface area contributed by atoms with Gasteiger partial charge >= 0.3 is 6.09 Å². The zero-order chi connectivity index (χ0) is 18.5. The van der Waals surface area contributed by atoms with E-state index >= 15 is 0 Å². The maximum atomic E-state index is 14.9. The Morgan fingerprint density at radius 3 is 2.69 bits per heavy atom. The van der Waals surface area contributed by atoms with E-state index in [0.29, 0.717) is 12.8 Å². The van der Waals surface area contributed by atoms with Crippen molar-refractivity contribution in [3.63, 3.8) is 0 Å². The number of carboxylic acid groups (broad SMARTS) is 1. The number of aliphatic hydroxyl groups excluding tert-OH is 1. The molecule has 5 rings (SSSR count). The van der Waals surface area contributed by atoms with Gasteiger partial charge in [-0.1, -0.05) is 17.4 Å². The number of carbonyl (C=O) groups is 1. The van der Waals surface area contributed by atoms with Crippen LogP contribution in [0.1, 0.15) is 44.3 Å². The largest absolute Gasteiger partial charge is 0.465 e. The highest BCUT2D eigenvalue weighted by Gasteiger charge is 2.63. The van der Waals surface area contributed by atoms with Crippen molar-refractivity contribution in [3.05, 3.63) is 29.6 Å². The van der Waals surface area contributed by atoms with E-state index in [4.69, 9.17) is 0 Å². The van der Waals surface area contributed by atoms with Crippen LogP contribution in [0.2, 0.25) is 0 Å². The first kappa shape index (κ1) is 17.2. The quantitative estimate of drug-likeness (QED) is 0.803. The number of hydrogen-bond donors (Lipinski definition) is 2. The Balaban J connectivity index is 1.59. The number of fused-ring (bicyclic) bond motifs is 1. The number of nitrogens with zero attached hydrogens (tertiary/aromatic N) is 4. The number of amides is 1. The first-order chi connectivity index (χ1) is 12.4. The summed E-state index contributed by atoms with van der Waals surface area (Å²) < 4.78 is 14.9. The fourth-order valence-electron chi connectivity index (χ4n) is 4.76. The SMILES string of the molecule is CC12CC(C1)C([C@@H](O)c1cccc(/N=N/N3CCCC3)c1F)N2C(=O)O. The molecule has 1 unspecified atom stereocenters. The third-order valence-electron chi connectivity index (χ3n) is 5.98. The van der Waals surface area contributed by atoms with Gasteiger partial charge in [-0.05, 0) is 44.6 Å². The van der Waals surface area contributed by atoms with Crippen LogP contribution < -0.4 is 0 Å². The van der Waals surface area contributed by atoms with E-state index in [1.165, 1.54) is 17.0 Å². The van der Waals surface area contributed by atoms with Crippen LogP contribution in [0.4, 0.5) is 14.9 Å². The lowest BCUT2D eigenvalue weighted by Crippen LogP contribution is -2.47. The Kier molecular flexibility index (Phi) is 4.10. The molecule has 4 fully saturated rings. The van der Waals surface area contributed by atoms with Gasteiger partial charge in [0.15, 0.2) is 5.82 Å². The number of aliphatic hydroxyl groups is 1. The minimum Gasteiger partial charge on any atom is -0.465 e. The molecule has 8 heteroatoms. The molecule has 1 amide bonds. The van der Waals surface area contributed by atoms with Crippen molar-refractivity contribution in [2.75, 3.05) is 13.1 Å². The van der Waals surface area contributed by atoms with Crippen LogP contribution in [0.5, 0.6) is 0 Å². The monoisotopic (exact) mass is 362 g/mol. The lowest BCUT2D eigenvalue weighted by molar-refractivity contribution is 0.0499. The summed E-state index contributed by atoms with van der Waals surface area (Å²) in [5.41, 5.74) is -0.312. The Morgan fingerprint density at radius 2 is 2.04 bits per heavy atom. The molecule has 1 aromatic rings. The number of hydrogen-bond acceptors (Lipinski definition) is 4. The smallest absolute Gasteiger partial charge is 0.408 e. The van der Waals surface area contributed by atoms with Gasteiger partial charge in [0, 0.05) is 24.2 Å². The molecule has 7 nitrogen and oxygen atoms in total. The third-order valence-corrected chi connectivity index (χ3v) is 5.98. The first-order valence-corrected chi connectivity index (χ1v) is 9.06. The second-order valence-electron chi connectivity index (χ2n) is 7.78. The lowest BCUT2D eigenvalue weighted by atomic mass is 9.72. The number of halogens is 1. The number of rotatable bonds is 4. The van der Waals surface area contributed by atoms with E-state index in [-0.39, 0.29) is 17.2 Å². The van der Waals surface area contributed by atoms with Crippen molar-refractivity contribution in [1.82, 2.24) is 9.91 Å². The molecule has 3 aliphatic heterocycles. The fraction of sp³-hybridized carbons (Fsp3) is 0.611. The minimum atomic E-state index is -1.22. The van der Waals surface area contributed by atoms with Gasteiger partial charge in [0.1, 0.15) is 11.8 Å². The third kappa shape index (κ3) is 2.63. The summed E-state index contributed by atoms with van der Waals surface area (Å²) >= 11 is 0. The highest BCUT2D eigenvalue weighted by Crippen LogP contribution is 2.57. The van der Waals surface area contributed by atoms with Gasteiger partial charge in [0.25, 0.3) is 0 Å². The Labute approximate surface area is 151 Å². The van der Waals surface area contributed by atoms with Crippen LogP contribution in [0.25, 0.3) is 0 Å². The summed E-state index contributed by atoms with van der Waals surface area (Å²) in [6.45, 7) is 3.49. The van der Waals surface area contributed by atoms with Crippen LogP contribution in [0, 0.1) is 11.7 Å². The summed E-state index contributed by atoms with van der Waals surface area (Å²) in [5.74, 6) is -0.581. The molecule has 4 aliphatic rings. The van der Waals surface area contributed by atoms with Gasteiger partial charge in [0.05, 0.1) is 6.04 Å². The van der Waals surface area contributed by atoms with Crippen LogP contribution >= 0.6 is 0 Å². The standard InChI is InChI=1S/C18H23FN4O3/c1-18-9-11(10-18)15(23(18)17(25)26)16(24)12-5-4-6-13(14(12)19)20-21-22-7-2-3-8-22/h4-6,11,15-16,24H,2-3,7-10H2,1H3,(H,25,26)/b21-20+/t11?,15?,16-,18?/m0/s1. The van der Waals surface area contributed by atoms with Gasteiger partial charge < -0.3 is 10.2 Å². The van der Waals surface area contributed by atoms with E-state index in [2.05, 4.69) is 10.3 Å². The van der Waals surface area contributed by atoms with Gasteiger partial charge in [-0.2, -0.15) is 0 Å². The molecule has 0 aromatic heterocycles. The summed E-state index contributed by atoms with van der Waals surface area (Å²) in [6, 6.07) is 3.99. The predicted molar refractivity (Wildman–Crippen MR) is 91.5 cm³/mol. The van der Waals surface area contributed by atoms with Crippen molar-refractivity contribution in [2.24, 2.45) is 16.3 Å². The van der Waals surface area contributed by atoms with Crippen molar-refractivity contribution < 1.29 is 19.4 Å². The van der Waals surface area contributed by atoms with E-state index in [1.807, 2.05) is 6.92 Å². The molecular formula is C18H23FN4O3. The topological polar surface area (TPSA) is 88.7 Å². The summed E-state index contributed by atoms with van der Waals surface area (Å²) in [5, 5.41) is 30.2. The van der Waals surface area contributed by atoms with Crippen molar-refractivity contribution >= 4 is 11.8 Å². The molecule has 1 aromatic carbocycles. The normalized spacial score (nSPS) is 31.5. The molecule has 0 spiro atoms. The Morgan fingerprint density at radius 1 is 1.35 bits per heavy atom. The molecule has 2 atom stereocenters. The molecule has 26 heavy (non-hydrogen) atoms.